The van der Waals surface area contributed by atoms with Gasteiger partial charge in [-0.2, -0.15) is 0 Å². The molecule has 0 aromatic rings. The predicted octanol–water partition coefficient (Wildman–Crippen LogP) is -0.236. The van der Waals surface area contributed by atoms with Gasteiger partial charge < -0.3 is 14.4 Å². The van der Waals surface area contributed by atoms with Gasteiger partial charge in [0.2, 0.25) is 0 Å². The summed E-state index contributed by atoms with van der Waals surface area (Å²) in [6, 6.07) is 0. The summed E-state index contributed by atoms with van der Waals surface area (Å²) in [5, 5.41) is 0. The monoisotopic (exact) mass is 131 g/mol. The summed E-state index contributed by atoms with van der Waals surface area (Å²) in [5.74, 6) is 0. The molecule has 1 rings (SSSR count). The Morgan fingerprint density at radius 1 is 1.33 bits per heavy atom. The number of morpholine rings is 1. The third-order valence-electron chi connectivity index (χ3n) is 1.23. The zero-order valence-electron chi connectivity index (χ0n) is 5.80. The first-order valence-electron chi connectivity index (χ1n) is 2.95. The first-order chi connectivity index (χ1) is 4.39. The van der Waals surface area contributed by atoms with Crippen LogP contribution in [0.2, 0.25) is 0 Å². The molecule has 1 fully saturated rings. The van der Waals surface area contributed by atoms with E-state index < -0.39 is 0 Å². The van der Waals surface area contributed by atoms with E-state index in [1.54, 1.807) is 0 Å². The Hall–Kier alpha value is -0.410. The molecular weight excluding hydrogens is 118 g/mol. The molecule has 0 aromatic heterocycles. The van der Waals surface area contributed by atoms with Crippen LogP contribution in [0.1, 0.15) is 0 Å². The van der Waals surface area contributed by atoms with Crippen LogP contribution < -0.4 is 0 Å². The van der Waals surface area contributed by atoms with Crippen LogP contribution in [0.3, 0.4) is 0 Å². The summed E-state index contributed by atoms with van der Waals surface area (Å²) >= 11 is 0. The average molecular weight is 131 g/mol. The minimum atomic E-state index is 0.913. The highest BCUT2D eigenvalue weighted by Gasteiger charge is 2.02. The van der Waals surface area contributed by atoms with Gasteiger partial charge in [0, 0.05) is 13.1 Å². The molecule has 9 heavy (non-hydrogen) atoms. The van der Waals surface area contributed by atoms with Crippen molar-refractivity contribution in [2.75, 3.05) is 33.4 Å². The van der Waals surface area contributed by atoms with Crippen molar-refractivity contribution < 1.29 is 9.53 Å². The highest BCUT2D eigenvalue weighted by Crippen LogP contribution is 1.89. The highest BCUT2D eigenvalue weighted by atomic mass is 16.5. The van der Waals surface area contributed by atoms with E-state index >= 15 is 0 Å². The maximum absolute atomic E-state index is 8.00. The number of likely N-dealkylation sites (N-methyl/N-ethyl adjacent to an activating group) is 1. The van der Waals surface area contributed by atoms with Gasteiger partial charge in [0.05, 0.1) is 13.2 Å². The van der Waals surface area contributed by atoms with Gasteiger partial charge >= 0.3 is 0 Å². The van der Waals surface area contributed by atoms with Crippen molar-refractivity contribution in [3.63, 3.8) is 0 Å². The summed E-state index contributed by atoms with van der Waals surface area (Å²) in [4.78, 5) is 10.3. The molecular formula is C6H13NO2. The minimum Gasteiger partial charge on any atom is -0.379 e. The van der Waals surface area contributed by atoms with E-state index in [2.05, 4.69) is 11.9 Å². The number of rotatable bonds is 0. The second-order valence-electron chi connectivity index (χ2n) is 1.92. The van der Waals surface area contributed by atoms with Crippen molar-refractivity contribution in [2.24, 2.45) is 0 Å². The topological polar surface area (TPSA) is 29.5 Å². The molecule has 3 heteroatoms. The number of carbonyl (C=O) groups is 1. The summed E-state index contributed by atoms with van der Waals surface area (Å²) in [6.45, 7) is 6.02. The fourth-order valence-electron chi connectivity index (χ4n) is 0.655. The molecule has 3 nitrogen and oxygen atoms in total. The smallest absolute Gasteiger partial charge is 0.106 e. The van der Waals surface area contributed by atoms with Crippen LogP contribution in [0, 0.1) is 0 Å². The first kappa shape index (κ1) is 8.59. The molecule has 0 aliphatic carbocycles. The largest absolute Gasteiger partial charge is 0.379 e. The van der Waals surface area contributed by atoms with Crippen molar-refractivity contribution in [1.29, 1.82) is 0 Å². The Kier molecular flexibility index (Phi) is 5.46. The summed E-state index contributed by atoms with van der Waals surface area (Å²) in [7, 11) is 2.11. The maximum Gasteiger partial charge on any atom is 0.106 e. The number of ether oxygens (including phenoxy) is 1. The Morgan fingerprint density at radius 3 is 2.00 bits per heavy atom. The quantitative estimate of drug-likeness (QED) is 0.454. The lowest BCUT2D eigenvalue weighted by Crippen LogP contribution is -2.32. The standard InChI is InChI=1S/C5H11NO.CH2O/c1-6-2-4-7-5-3-6;1-2/h2-5H2,1H3;1H2. The number of hydrogen-bond donors (Lipinski definition) is 0. The van der Waals surface area contributed by atoms with Crippen molar-refractivity contribution >= 4 is 6.79 Å². The summed E-state index contributed by atoms with van der Waals surface area (Å²) in [6.07, 6.45) is 0. The fraction of sp³-hybridized carbons (Fsp3) is 0.833. The summed E-state index contributed by atoms with van der Waals surface area (Å²) in [5.41, 5.74) is 0. The van der Waals surface area contributed by atoms with E-state index in [1.165, 1.54) is 0 Å². The number of nitrogens with zero attached hydrogens (tertiary/aromatic N) is 1. The molecule has 1 aliphatic rings. The molecule has 1 heterocycles. The molecule has 0 atom stereocenters. The molecule has 0 N–H and O–H groups in total. The van der Waals surface area contributed by atoms with Crippen molar-refractivity contribution in [2.45, 2.75) is 0 Å². The Bertz CT molecular complexity index is 62.1. The lowest BCUT2D eigenvalue weighted by atomic mass is 10.5. The van der Waals surface area contributed by atoms with Gasteiger partial charge in [0.25, 0.3) is 0 Å². The third-order valence-corrected chi connectivity index (χ3v) is 1.23. The van der Waals surface area contributed by atoms with Gasteiger partial charge in [-0.1, -0.05) is 0 Å². The zero-order chi connectivity index (χ0) is 7.11. The van der Waals surface area contributed by atoms with E-state index in [1.807, 2.05) is 6.79 Å². The van der Waals surface area contributed by atoms with Crippen molar-refractivity contribution in [1.82, 2.24) is 4.90 Å². The Labute approximate surface area is 55.6 Å². The molecule has 0 radical (unpaired) electrons. The normalized spacial score (nSPS) is 20.1. The van der Waals surface area contributed by atoms with Gasteiger partial charge in [-0.3, -0.25) is 0 Å². The maximum atomic E-state index is 8.00. The van der Waals surface area contributed by atoms with Crippen LogP contribution in [0.4, 0.5) is 0 Å². The Morgan fingerprint density at radius 2 is 1.78 bits per heavy atom. The van der Waals surface area contributed by atoms with Crippen molar-refractivity contribution in [3.8, 4) is 0 Å². The number of hydrogen-bond acceptors (Lipinski definition) is 3. The van der Waals surface area contributed by atoms with Crippen LogP contribution in [-0.2, 0) is 9.53 Å². The average Bonchev–Trinajstić information content (AvgIpc) is 1.94. The van der Waals surface area contributed by atoms with Crippen LogP contribution >= 0.6 is 0 Å². The fourth-order valence-corrected chi connectivity index (χ4v) is 0.655. The van der Waals surface area contributed by atoms with Crippen LogP contribution in [0.5, 0.6) is 0 Å². The van der Waals surface area contributed by atoms with E-state index in [0.29, 0.717) is 0 Å². The SMILES string of the molecule is C=O.CN1CCOCC1. The summed E-state index contributed by atoms with van der Waals surface area (Å²) < 4.78 is 5.10. The van der Waals surface area contributed by atoms with E-state index in [9.17, 15) is 0 Å². The van der Waals surface area contributed by atoms with Gasteiger partial charge in [0.15, 0.2) is 0 Å². The van der Waals surface area contributed by atoms with E-state index in [4.69, 9.17) is 9.53 Å². The molecule has 0 bridgehead atoms. The molecule has 0 amide bonds. The molecule has 1 saturated heterocycles. The van der Waals surface area contributed by atoms with Gasteiger partial charge in [-0.05, 0) is 7.05 Å². The van der Waals surface area contributed by atoms with Gasteiger partial charge in [0.1, 0.15) is 6.79 Å². The molecule has 0 aromatic carbocycles. The third kappa shape index (κ3) is 4.12. The second kappa shape index (κ2) is 5.72. The molecule has 0 unspecified atom stereocenters. The van der Waals surface area contributed by atoms with Crippen LogP contribution in [-0.4, -0.2) is 45.0 Å². The van der Waals surface area contributed by atoms with Crippen molar-refractivity contribution in [3.05, 3.63) is 0 Å². The Balaban J connectivity index is 0.000000291. The first-order valence-corrected chi connectivity index (χ1v) is 2.95. The van der Waals surface area contributed by atoms with Gasteiger partial charge in [-0.25, -0.2) is 0 Å². The predicted molar refractivity (Wildman–Crippen MR) is 35.4 cm³/mol. The minimum absolute atomic E-state index is 0.913. The highest BCUT2D eigenvalue weighted by molar-refractivity contribution is 5.10. The van der Waals surface area contributed by atoms with Crippen LogP contribution in [0.15, 0.2) is 0 Å². The second-order valence-corrected chi connectivity index (χ2v) is 1.92. The molecule has 0 saturated carbocycles. The molecule has 1 aliphatic heterocycles. The van der Waals surface area contributed by atoms with E-state index in [-0.39, 0.29) is 0 Å². The van der Waals surface area contributed by atoms with E-state index in [0.717, 1.165) is 26.3 Å². The van der Waals surface area contributed by atoms with Gasteiger partial charge in [-0.15, -0.1) is 0 Å². The molecule has 54 valence electrons. The van der Waals surface area contributed by atoms with Crippen LogP contribution in [0.25, 0.3) is 0 Å². The number of carbonyl (C=O) groups excluding carboxylic acids is 1. The lowest BCUT2D eigenvalue weighted by Gasteiger charge is -2.21. The molecule has 0 spiro atoms. The lowest BCUT2D eigenvalue weighted by molar-refractivity contribution is -0.0979. The zero-order valence-corrected chi connectivity index (χ0v) is 5.80.